The molecule has 1 aliphatic rings. The first-order valence-electron chi connectivity index (χ1n) is 4.94. The zero-order chi connectivity index (χ0) is 11.5. The van der Waals surface area contributed by atoms with Crippen molar-refractivity contribution in [3.63, 3.8) is 0 Å². The van der Waals surface area contributed by atoms with E-state index in [1.165, 1.54) is 4.90 Å². The molecule has 0 aromatic carbocycles. The van der Waals surface area contributed by atoms with Crippen molar-refractivity contribution in [2.75, 3.05) is 31.6 Å². The summed E-state index contributed by atoms with van der Waals surface area (Å²) in [6.45, 7) is 1.16. The molecule has 0 bridgehead atoms. The van der Waals surface area contributed by atoms with Gasteiger partial charge in [-0.3, -0.25) is 0 Å². The van der Waals surface area contributed by atoms with E-state index in [-0.39, 0.29) is 27.5 Å². The molecule has 0 aliphatic carbocycles. The van der Waals surface area contributed by atoms with E-state index >= 15 is 0 Å². The van der Waals surface area contributed by atoms with Crippen LogP contribution < -0.4 is 21.5 Å². The van der Waals surface area contributed by atoms with E-state index in [1.807, 2.05) is 0 Å². The molecule has 15 heavy (non-hydrogen) atoms. The van der Waals surface area contributed by atoms with Gasteiger partial charge in [0.05, 0.1) is 0 Å². The maximum atomic E-state index is 12.2. The van der Waals surface area contributed by atoms with Crippen molar-refractivity contribution in [2.24, 2.45) is 0 Å². The minimum atomic E-state index is -4.07. The van der Waals surface area contributed by atoms with Crippen molar-refractivity contribution in [3.8, 4) is 0 Å². The number of rotatable bonds is 3. The predicted molar refractivity (Wildman–Crippen MR) is 49.2 cm³/mol. The first kappa shape index (κ1) is 13.5. The molecule has 0 radical (unpaired) electrons. The van der Waals surface area contributed by atoms with Gasteiger partial charge in [-0.2, -0.15) is 0 Å². The van der Waals surface area contributed by atoms with Crippen LogP contribution in [-0.2, 0) is 0 Å². The molecular formula is C9H17F3IN2-. The molecule has 1 aliphatic heterocycles. The fourth-order valence-electron chi connectivity index (χ4n) is 1.86. The minimum absolute atomic E-state index is 0.110. The topological polar surface area (TPSA) is 6.48 Å². The Kier molecular flexibility index (Phi) is 5.11. The Morgan fingerprint density at radius 1 is 1.33 bits per heavy atom. The average molecular weight is 337 g/mol. The van der Waals surface area contributed by atoms with Crippen molar-refractivity contribution in [2.45, 2.75) is 25.1 Å². The van der Waals surface area contributed by atoms with Gasteiger partial charge in [-0.25, -0.2) is 0 Å². The molecule has 0 aromatic rings. The second-order valence-corrected chi connectivity index (χ2v) is 6.17. The van der Waals surface area contributed by atoms with Crippen LogP contribution in [0.2, 0.25) is 0 Å². The fourth-order valence-corrected chi connectivity index (χ4v) is 3.38. The molecule has 1 fully saturated rings. The Morgan fingerprint density at radius 3 is 2.27 bits per heavy atom. The number of alkyl halides is 4. The summed E-state index contributed by atoms with van der Waals surface area (Å²) in [4.78, 5) is 3.64. The van der Waals surface area contributed by atoms with Gasteiger partial charge in [0.1, 0.15) is 0 Å². The van der Waals surface area contributed by atoms with Crippen molar-refractivity contribution in [1.82, 2.24) is 8.01 Å². The average Bonchev–Trinajstić information content (AvgIpc) is 2.15. The summed E-state index contributed by atoms with van der Waals surface area (Å²) >= 11 is 0.112. The Labute approximate surface area is 99.4 Å². The molecule has 6 heteroatoms. The van der Waals surface area contributed by atoms with E-state index in [9.17, 15) is 13.2 Å². The standard InChI is InChI=1S/C9H17F3IN2/c1-13-15-5-3-8(4-6-15)14(2)7-9(10,11)12/h8H,3-7H2,1-2H3/q-1. The molecule has 2 nitrogen and oxygen atoms in total. The third kappa shape index (κ3) is 4.86. The second-order valence-electron chi connectivity index (χ2n) is 3.84. The first-order chi connectivity index (χ1) is 6.92. The summed E-state index contributed by atoms with van der Waals surface area (Å²) in [5, 5.41) is 0. The molecule has 1 rings (SSSR count). The number of hydrogen-bond donors (Lipinski definition) is 0. The summed E-state index contributed by atoms with van der Waals surface area (Å²) in [5.41, 5.74) is 0. The van der Waals surface area contributed by atoms with Crippen LogP contribution in [0.3, 0.4) is 0 Å². The van der Waals surface area contributed by atoms with Crippen LogP contribution in [0.5, 0.6) is 0 Å². The van der Waals surface area contributed by atoms with Gasteiger partial charge in [0.2, 0.25) is 0 Å². The van der Waals surface area contributed by atoms with Gasteiger partial charge in [-0.05, 0) is 0 Å². The molecule has 0 N–H and O–H groups in total. The Hall–Kier alpha value is 0.440. The van der Waals surface area contributed by atoms with Crippen LogP contribution in [-0.4, -0.2) is 51.8 Å². The zero-order valence-corrected chi connectivity index (χ0v) is 11.2. The monoisotopic (exact) mass is 337 g/mol. The molecule has 0 saturated carbocycles. The fraction of sp³-hybridized carbons (Fsp3) is 1.00. The summed E-state index contributed by atoms with van der Waals surface area (Å²) in [6, 6.07) is 0.110. The maximum absolute atomic E-state index is 12.2. The van der Waals surface area contributed by atoms with Gasteiger partial charge in [-0.1, -0.05) is 0 Å². The summed E-state index contributed by atoms with van der Waals surface area (Å²) in [5.74, 6) is 0. The van der Waals surface area contributed by atoms with Gasteiger partial charge in [-0.15, -0.1) is 0 Å². The quantitative estimate of drug-likeness (QED) is 0.354. The van der Waals surface area contributed by atoms with Crippen molar-refractivity contribution in [3.05, 3.63) is 0 Å². The van der Waals surface area contributed by atoms with Gasteiger partial charge in [0.25, 0.3) is 0 Å². The second kappa shape index (κ2) is 5.67. The van der Waals surface area contributed by atoms with Crippen LogP contribution in [0.1, 0.15) is 12.8 Å². The summed E-state index contributed by atoms with van der Waals surface area (Å²) < 4.78 is 38.9. The SMILES string of the molecule is C[I-]N1CCC(N(C)CC(F)(F)F)CC1. The molecule has 0 spiro atoms. The number of hydrogen-bond acceptors (Lipinski definition) is 2. The van der Waals surface area contributed by atoms with Crippen LogP contribution in [0.25, 0.3) is 0 Å². The molecule has 0 atom stereocenters. The normalized spacial score (nSPS) is 21.5. The molecular weight excluding hydrogens is 320 g/mol. The van der Waals surface area contributed by atoms with E-state index in [0.29, 0.717) is 0 Å². The third-order valence-corrected chi connectivity index (χ3v) is 5.03. The van der Waals surface area contributed by atoms with Gasteiger partial charge >= 0.3 is 99.3 Å². The Morgan fingerprint density at radius 2 is 1.87 bits per heavy atom. The number of halogens is 4. The van der Waals surface area contributed by atoms with Crippen LogP contribution in [0.15, 0.2) is 0 Å². The Balaban J connectivity index is 2.33. The van der Waals surface area contributed by atoms with Crippen molar-refractivity contribution < 1.29 is 34.7 Å². The Bertz CT molecular complexity index is 190. The summed E-state index contributed by atoms with van der Waals surface area (Å²) in [6.07, 6.45) is -2.32. The van der Waals surface area contributed by atoms with E-state index in [2.05, 4.69) is 8.04 Å². The van der Waals surface area contributed by atoms with E-state index in [1.54, 1.807) is 7.05 Å². The van der Waals surface area contributed by atoms with Crippen molar-refractivity contribution in [1.29, 1.82) is 0 Å². The van der Waals surface area contributed by atoms with Crippen molar-refractivity contribution >= 4 is 0 Å². The van der Waals surface area contributed by atoms with Gasteiger partial charge < -0.3 is 0 Å². The molecule has 0 amide bonds. The molecule has 1 heterocycles. The van der Waals surface area contributed by atoms with E-state index in [4.69, 9.17) is 0 Å². The van der Waals surface area contributed by atoms with E-state index < -0.39 is 12.7 Å². The molecule has 0 aromatic heterocycles. The van der Waals surface area contributed by atoms with Gasteiger partial charge in [0, 0.05) is 0 Å². The molecule has 1 saturated heterocycles. The van der Waals surface area contributed by atoms with Gasteiger partial charge in [0.15, 0.2) is 0 Å². The third-order valence-electron chi connectivity index (χ3n) is 2.70. The van der Waals surface area contributed by atoms with Crippen LogP contribution in [0.4, 0.5) is 13.2 Å². The number of nitrogens with zero attached hydrogens (tertiary/aromatic N) is 2. The van der Waals surface area contributed by atoms with Crippen LogP contribution >= 0.6 is 0 Å². The predicted octanol–water partition coefficient (Wildman–Crippen LogP) is -1.42. The molecule has 92 valence electrons. The molecule has 0 unspecified atom stereocenters. The number of piperidine rings is 1. The van der Waals surface area contributed by atoms with E-state index in [0.717, 1.165) is 25.9 Å². The zero-order valence-electron chi connectivity index (χ0n) is 9.02. The first-order valence-corrected chi connectivity index (χ1v) is 8.06. The van der Waals surface area contributed by atoms with Crippen LogP contribution in [0, 0.1) is 0 Å². The summed E-state index contributed by atoms with van der Waals surface area (Å²) in [7, 11) is 1.58.